The largest absolute Gasteiger partial charge is 0.463 e. The zero-order chi connectivity index (χ0) is 15.8. The molecule has 1 heterocycles. The highest BCUT2D eigenvalue weighted by atomic mass is 16.5. The molecule has 6 nitrogen and oxygen atoms in total. The van der Waals surface area contributed by atoms with Gasteiger partial charge in [-0.25, -0.2) is 4.79 Å². The summed E-state index contributed by atoms with van der Waals surface area (Å²) in [7, 11) is 0. The van der Waals surface area contributed by atoms with E-state index in [-0.39, 0.29) is 5.97 Å². The van der Waals surface area contributed by atoms with Crippen molar-refractivity contribution in [1.82, 2.24) is 10.1 Å². The van der Waals surface area contributed by atoms with Gasteiger partial charge in [0.15, 0.2) is 5.82 Å². The number of nitrogens with one attached hydrogen (secondary N) is 1. The minimum atomic E-state index is -0.340. The van der Waals surface area contributed by atoms with Gasteiger partial charge in [0, 0.05) is 18.2 Å². The number of aryl methyl sites for hydroxylation is 1. The molecule has 0 radical (unpaired) electrons. The van der Waals surface area contributed by atoms with Crippen molar-refractivity contribution in [3.63, 3.8) is 0 Å². The Morgan fingerprint density at radius 2 is 2.09 bits per heavy atom. The number of hydrogen-bond acceptors (Lipinski definition) is 6. The van der Waals surface area contributed by atoms with Gasteiger partial charge < -0.3 is 14.6 Å². The first kappa shape index (κ1) is 15.8. The fraction of sp³-hybridized carbons (Fsp3) is 0.312. The first-order valence-electron chi connectivity index (χ1n) is 7.21. The fourth-order valence-corrected chi connectivity index (χ4v) is 1.75. The lowest BCUT2D eigenvalue weighted by Gasteiger charge is -2.03. The SMILES string of the molecule is CCOC(=O)C=Cc1ccc(NCc2nc(CC)no2)cc1. The minimum absolute atomic E-state index is 0.340. The standard InChI is InChI=1S/C16H19N3O3/c1-3-14-18-15(22-19-14)11-17-13-8-5-12(6-9-13)7-10-16(20)21-4-2/h5-10,17H,3-4,11H2,1-2H3. The van der Waals surface area contributed by atoms with Crippen molar-refractivity contribution in [2.45, 2.75) is 26.8 Å². The minimum Gasteiger partial charge on any atom is -0.463 e. The van der Waals surface area contributed by atoms with Gasteiger partial charge in [-0.1, -0.05) is 24.2 Å². The van der Waals surface area contributed by atoms with Gasteiger partial charge in [0.1, 0.15) is 0 Å². The molecule has 22 heavy (non-hydrogen) atoms. The van der Waals surface area contributed by atoms with Crippen LogP contribution in [-0.4, -0.2) is 22.7 Å². The Hall–Kier alpha value is -2.63. The van der Waals surface area contributed by atoms with Crippen LogP contribution in [0, 0.1) is 0 Å². The maximum atomic E-state index is 11.2. The highest BCUT2D eigenvalue weighted by Gasteiger charge is 2.03. The number of rotatable bonds is 7. The van der Waals surface area contributed by atoms with E-state index in [0.717, 1.165) is 17.7 Å². The average Bonchev–Trinajstić information content (AvgIpc) is 3.00. The Balaban J connectivity index is 1.87. The third-order valence-corrected chi connectivity index (χ3v) is 2.88. The van der Waals surface area contributed by atoms with Crippen molar-refractivity contribution < 1.29 is 14.1 Å². The predicted octanol–water partition coefficient (Wildman–Crippen LogP) is 2.82. The number of ether oxygens (including phenoxy) is 1. The molecule has 0 saturated heterocycles. The zero-order valence-corrected chi connectivity index (χ0v) is 12.7. The molecular weight excluding hydrogens is 282 g/mol. The van der Waals surface area contributed by atoms with Crippen molar-refractivity contribution in [2.24, 2.45) is 0 Å². The Morgan fingerprint density at radius 3 is 2.73 bits per heavy atom. The molecule has 0 saturated carbocycles. The molecule has 0 atom stereocenters. The van der Waals surface area contributed by atoms with E-state index in [2.05, 4.69) is 15.5 Å². The summed E-state index contributed by atoms with van der Waals surface area (Å²) in [6, 6.07) is 7.65. The van der Waals surface area contributed by atoms with Gasteiger partial charge in [-0.2, -0.15) is 4.98 Å². The Labute approximate surface area is 129 Å². The molecule has 1 aromatic carbocycles. The number of nitrogens with zero attached hydrogens (tertiary/aromatic N) is 2. The predicted molar refractivity (Wildman–Crippen MR) is 83.1 cm³/mol. The van der Waals surface area contributed by atoms with Crippen LogP contribution in [0.2, 0.25) is 0 Å². The summed E-state index contributed by atoms with van der Waals surface area (Å²) in [5, 5.41) is 7.04. The number of benzene rings is 1. The molecule has 116 valence electrons. The number of esters is 1. The van der Waals surface area contributed by atoms with Crippen LogP contribution in [0.5, 0.6) is 0 Å². The smallest absolute Gasteiger partial charge is 0.330 e. The van der Waals surface area contributed by atoms with Gasteiger partial charge >= 0.3 is 5.97 Å². The summed E-state index contributed by atoms with van der Waals surface area (Å²) in [6.45, 7) is 4.61. The normalized spacial score (nSPS) is 10.8. The summed E-state index contributed by atoms with van der Waals surface area (Å²) in [4.78, 5) is 15.4. The molecule has 0 unspecified atom stereocenters. The maximum absolute atomic E-state index is 11.2. The molecule has 0 spiro atoms. The molecule has 0 aliphatic carbocycles. The van der Waals surface area contributed by atoms with Crippen molar-refractivity contribution in [3.8, 4) is 0 Å². The first-order chi connectivity index (χ1) is 10.7. The van der Waals surface area contributed by atoms with Crippen molar-refractivity contribution >= 4 is 17.7 Å². The average molecular weight is 301 g/mol. The number of carbonyl (C=O) groups excluding carboxylic acids is 1. The topological polar surface area (TPSA) is 77.2 Å². The van der Waals surface area contributed by atoms with Crippen LogP contribution in [-0.2, 0) is 22.5 Å². The highest BCUT2D eigenvalue weighted by Crippen LogP contribution is 2.12. The Morgan fingerprint density at radius 1 is 1.32 bits per heavy atom. The molecule has 0 aliphatic heterocycles. The van der Waals surface area contributed by atoms with Crippen LogP contribution >= 0.6 is 0 Å². The van der Waals surface area contributed by atoms with Crippen molar-refractivity contribution in [2.75, 3.05) is 11.9 Å². The molecule has 0 aliphatic rings. The Kier molecular flexibility index (Phi) is 5.71. The zero-order valence-electron chi connectivity index (χ0n) is 12.7. The number of hydrogen-bond donors (Lipinski definition) is 1. The fourth-order valence-electron chi connectivity index (χ4n) is 1.75. The highest BCUT2D eigenvalue weighted by molar-refractivity contribution is 5.87. The molecule has 6 heteroatoms. The summed E-state index contributed by atoms with van der Waals surface area (Å²) >= 11 is 0. The lowest BCUT2D eigenvalue weighted by Crippen LogP contribution is -2.00. The molecule has 2 aromatic rings. The van der Waals surface area contributed by atoms with E-state index in [1.165, 1.54) is 6.08 Å². The lowest BCUT2D eigenvalue weighted by molar-refractivity contribution is -0.137. The van der Waals surface area contributed by atoms with Crippen LogP contribution < -0.4 is 5.32 Å². The third-order valence-electron chi connectivity index (χ3n) is 2.88. The van der Waals surface area contributed by atoms with E-state index in [1.807, 2.05) is 31.2 Å². The summed E-state index contributed by atoms with van der Waals surface area (Å²) in [5.74, 6) is 0.923. The monoisotopic (exact) mass is 301 g/mol. The second-order valence-corrected chi connectivity index (χ2v) is 4.52. The van der Waals surface area contributed by atoms with E-state index in [9.17, 15) is 4.79 Å². The second kappa shape index (κ2) is 7.97. The molecule has 0 fully saturated rings. The van der Waals surface area contributed by atoms with Crippen LogP contribution in [0.4, 0.5) is 5.69 Å². The van der Waals surface area contributed by atoms with E-state index in [4.69, 9.17) is 9.26 Å². The van der Waals surface area contributed by atoms with E-state index < -0.39 is 0 Å². The van der Waals surface area contributed by atoms with E-state index in [1.54, 1.807) is 13.0 Å². The van der Waals surface area contributed by atoms with Crippen LogP contribution in [0.25, 0.3) is 6.08 Å². The number of carbonyl (C=O) groups is 1. The second-order valence-electron chi connectivity index (χ2n) is 4.52. The molecule has 1 N–H and O–H groups in total. The molecule has 0 amide bonds. The van der Waals surface area contributed by atoms with Gasteiger partial charge in [-0.05, 0) is 30.7 Å². The van der Waals surface area contributed by atoms with Gasteiger partial charge in [0.25, 0.3) is 0 Å². The van der Waals surface area contributed by atoms with E-state index in [0.29, 0.717) is 24.9 Å². The Bertz CT molecular complexity index is 632. The third kappa shape index (κ3) is 4.73. The van der Waals surface area contributed by atoms with Crippen molar-refractivity contribution in [1.29, 1.82) is 0 Å². The lowest BCUT2D eigenvalue weighted by atomic mass is 10.2. The van der Waals surface area contributed by atoms with Crippen LogP contribution in [0.15, 0.2) is 34.9 Å². The number of aromatic nitrogens is 2. The molecule has 1 aromatic heterocycles. The summed E-state index contributed by atoms with van der Waals surface area (Å²) < 4.78 is 9.93. The van der Waals surface area contributed by atoms with Crippen LogP contribution in [0.3, 0.4) is 0 Å². The van der Waals surface area contributed by atoms with Gasteiger partial charge in [-0.3, -0.25) is 0 Å². The van der Waals surface area contributed by atoms with Gasteiger partial charge in [-0.15, -0.1) is 0 Å². The quantitative estimate of drug-likeness (QED) is 0.626. The summed E-state index contributed by atoms with van der Waals surface area (Å²) in [5.41, 5.74) is 1.86. The van der Waals surface area contributed by atoms with Crippen LogP contribution in [0.1, 0.15) is 31.1 Å². The summed E-state index contributed by atoms with van der Waals surface area (Å²) in [6.07, 6.45) is 3.88. The number of anilines is 1. The van der Waals surface area contributed by atoms with Crippen molar-refractivity contribution in [3.05, 3.63) is 47.6 Å². The molecular formula is C16H19N3O3. The maximum Gasteiger partial charge on any atom is 0.330 e. The van der Waals surface area contributed by atoms with Gasteiger partial charge in [0.2, 0.25) is 5.89 Å². The van der Waals surface area contributed by atoms with Gasteiger partial charge in [0.05, 0.1) is 13.2 Å². The van der Waals surface area contributed by atoms with E-state index >= 15 is 0 Å². The first-order valence-corrected chi connectivity index (χ1v) is 7.21. The molecule has 0 bridgehead atoms. The molecule has 2 rings (SSSR count).